The van der Waals surface area contributed by atoms with E-state index >= 15 is 0 Å². The summed E-state index contributed by atoms with van der Waals surface area (Å²) in [4.78, 5) is 31.1. The molecule has 2 aromatic carbocycles. The molecule has 0 aliphatic rings. The van der Waals surface area contributed by atoms with Gasteiger partial charge in [0.1, 0.15) is 4.83 Å². The first-order valence-corrected chi connectivity index (χ1v) is 9.59. The lowest BCUT2D eigenvalue weighted by molar-refractivity contribution is 0.0932. The summed E-state index contributed by atoms with van der Waals surface area (Å²) in [6, 6.07) is 16.5. The molecule has 27 heavy (non-hydrogen) atoms. The number of fused-ring (bicyclic) bond motifs is 1. The Balaban J connectivity index is 1.82. The van der Waals surface area contributed by atoms with Crippen LogP contribution in [-0.4, -0.2) is 15.3 Å². The van der Waals surface area contributed by atoms with Gasteiger partial charge in [0.25, 0.3) is 5.56 Å². The maximum Gasteiger partial charge on any atom is 0.263 e. The number of benzene rings is 2. The molecular weight excluding hydrogens is 356 g/mol. The average Bonchev–Trinajstić information content (AvgIpc) is 3.13. The third-order valence-corrected chi connectivity index (χ3v) is 5.62. The Labute approximate surface area is 160 Å². The number of aryl methyl sites for hydroxylation is 1. The molecule has 4 nitrogen and oxygen atoms in total. The molecule has 0 aliphatic heterocycles. The molecule has 0 saturated heterocycles. The normalized spacial score (nSPS) is 12.2. The van der Waals surface area contributed by atoms with Gasteiger partial charge in [-0.25, -0.2) is 4.98 Å². The van der Waals surface area contributed by atoms with Crippen LogP contribution in [0.4, 0.5) is 0 Å². The summed E-state index contributed by atoms with van der Waals surface area (Å²) in [7, 11) is 0. The van der Waals surface area contributed by atoms with E-state index in [1.807, 2.05) is 54.8 Å². The van der Waals surface area contributed by atoms with Gasteiger partial charge in [-0.15, -0.1) is 11.3 Å². The lowest BCUT2D eigenvalue weighted by Crippen LogP contribution is -2.28. The molecular formula is C22H18N2O2S. The van der Waals surface area contributed by atoms with Gasteiger partial charge in [0.05, 0.1) is 17.8 Å². The van der Waals surface area contributed by atoms with Crippen LogP contribution in [0, 0.1) is 6.92 Å². The molecule has 5 heteroatoms. The van der Waals surface area contributed by atoms with Gasteiger partial charge < -0.3 is 0 Å². The van der Waals surface area contributed by atoms with Crippen LogP contribution in [0.2, 0.25) is 0 Å². The highest BCUT2D eigenvalue weighted by Crippen LogP contribution is 2.31. The zero-order chi connectivity index (χ0) is 19.0. The van der Waals surface area contributed by atoms with Crippen molar-refractivity contribution >= 4 is 27.3 Å². The molecule has 4 aromatic rings. The van der Waals surface area contributed by atoms with Gasteiger partial charge in [0, 0.05) is 16.5 Å². The largest absolute Gasteiger partial charge is 0.292 e. The number of rotatable bonds is 4. The number of aromatic nitrogens is 2. The standard InChI is InChI=1S/C22H18N2O2S/c1-14-8-10-16(11-9-14)18-12-27-21-19(18)22(26)24(13-23-21)15(2)20(25)17-6-4-3-5-7-17/h3-13,15H,1-2H3. The van der Waals surface area contributed by atoms with E-state index in [1.165, 1.54) is 22.2 Å². The van der Waals surface area contributed by atoms with Gasteiger partial charge in [-0.3, -0.25) is 14.2 Å². The van der Waals surface area contributed by atoms with Crippen LogP contribution >= 0.6 is 11.3 Å². The fraction of sp³-hybridized carbons (Fsp3) is 0.136. The molecule has 2 heterocycles. The highest BCUT2D eigenvalue weighted by atomic mass is 32.1. The van der Waals surface area contributed by atoms with E-state index in [2.05, 4.69) is 4.98 Å². The minimum Gasteiger partial charge on any atom is -0.292 e. The van der Waals surface area contributed by atoms with Crippen LogP contribution in [0.15, 0.2) is 71.1 Å². The summed E-state index contributed by atoms with van der Waals surface area (Å²) in [6.07, 6.45) is 1.48. The lowest BCUT2D eigenvalue weighted by Gasteiger charge is -2.14. The Hall–Kier alpha value is -3.05. The van der Waals surface area contributed by atoms with Gasteiger partial charge in [-0.05, 0) is 19.4 Å². The highest BCUT2D eigenvalue weighted by Gasteiger charge is 2.21. The molecule has 0 fully saturated rings. The van der Waals surface area contributed by atoms with E-state index in [9.17, 15) is 9.59 Å². The number of Topliss-reactive ketones (excluding diaryl/α,β-unsaturated/α-hetero) is 1. The minimum atomic E-state index is -0.623. The Morgan fingerprint density at radius 3 is 2.48 bits per heavy atom. The predicted octanol–water partition coefficient (Wildman–Crippen LogP) is 4.88. The molecule has 0 bridgehead atoms. The van der Waals surface area contributed by atoms with Crippen LogP contribution in [0.3, 0.4) is 0 Å². The van der Waals surface area contributed by atoms with Crippen molar-refractivity contribution in [2.75, 3.05) is 0 Å². The van der Waals surface area contributed by atoms with Crippen molar-refractivity contribution in [3.8, 4) is 11.1 Å². The number of carbonyl (C=O) groups excluding carboxylic acids is 1. The first-order valence-electron chi connectivity index (χ1n) is 8.71. The quantitative estimate of drug-likeness (QED) is 0.479. The second kappa shape index (κ2) is 6.93. The van der Waals surface area contributed by atoms with Crippen LogP contribution in [-0.2, 0) is 0 Å². The summed E-state index contributed by atoms with van der Waals surface area (Å²) >= 11 is 1.44. The van der Waals surface area contributed by atoms with Gasteiger partial charge >= 0.3 is 0 Å². The number of thiophene rings is 1. The Morgan fingerprint density at radius 2 is 1.78 bits per heavy atom. The first-order chi connectivity index (χ1) is 13.1. The molecule has 1 atom stereocenters. The number of carbonyl (C=O) groups is 1. The van der Waals surface area contributed by atoms with E-state index in [1.54, 1.807) is 19.1 Å². The van der Waals surface area contributed by atoms with Crippen LogP contribution in [0.1, 0.15) is 28.9 Å². The average molecular weight is 374 g/mol. The number of hydrogen-bond acceptors (Lipinski definition) is 4. The van der Waals surface area contributed by atoms with Gasteiger partial charge in [0.2, 0.25) is 0 Å². The van der Waals surface area contributed by atoms with E-state index in [0.717, 1.165) is 16.7 Å². The van der Waals surface area contributed by atoms with Crippen molar-refractivity contribution in [2.45, 2.75) is 19.9 Å². The molecule has 2 aromatic heterocycles. The smallest absolute Gasteiger partial charge is 0.263 e. The fourth-order valence-corrected chi connectivity index (χ4v) is 4.04. The van der Waals surface area contributed by atoms with Crippen molar-refractivity contribution < 1.29 is 4.79 Å². The molecule has 1 unspecified atom stereocenters. The molecule has 0 amide bonds. The molecule has 0 saturated carbocycles. The number of ketones is 1. The first kappa shape index (κ1) is 17.4. The molecule has 134 valence electrons. The zero-order valence-corrected chi connectivity index (χ0v) is 15.9. The molecule has 0 radical (unpaired) electrons. The summed E-state index contributed by atoms with van der Waals surface area (Å²) in [5, 5.41) is 2.52. The summed E-state index contributed by atoms with van der Waals surface area (Å²) in [5.41, 5.74) is 3.40. The summed E-state index contributed by atoms with van der Waals surface area (Å²) in [6.45, 7) is 3.77. The molecule has 0 N–H and O–H groups in total. The van der Waals surface area contributed by atoms with E-state index < -0.39 is 6.04 Å². The number of hydrogen-bond donors (Lipinski definition) is 0. The van der Waals surface area contributed by atoms with E-state index in [4.69, 9.17) is 0 Å². The van der Waals surface area contributed by atoms with Crippen molar-refractivity contribution in [1.82, 2.24) is 9.55 Å². The Morgan fingerprint density at radius 1 is 1.07 bits per heavy atom. The number of nitrogens with zero attached hydrogens (tertiary/aromatic N) is 2. The fourth-order valence-electron chi connectivity index (χ4n) is 3.14. The van der Waals surface area contributed by atoms with E-state index in [-0.39, 0.29) is 11.3 Å². The maximum absolute atomic E-state index is 13.2. The topological polar surface area (TPSA) is 52.0 Å². The van der Waals surface area contributed by atoms with Crippen molar-refractivity contribution in [1.29, 1.82) is 0 Å². The van der Waals surface area contributed by atoms with Crippen LogP contribution in [0.5, 0.6) is 0 Å². The third-order valence-electron chi connectivity index (χ3n) is 4.74. The highest BCUT2D eigenvalue weighted by molar-refractivity contribution is 7.17. The van der Waals surface area contributed by atoms with Gasteiger partial charge in [-0.2, -0.15) is 0 Å². The molecule has 0 aliphatic carbocycles. The monoisotopic (exact) mass is 374 g/mol. The Kier molecular flexibility index (Phi) is 4.46. The van der Waals surface area contributed by atoms with Crippen LogP contribution < -0.4 is 5.56 Å². The van der Waals surface area contributed by atoms with Crippen molar-refractivity contribution in [3.63, 3.8) is 0 Å². The summed E-state index contributed by atoms with van der Waals surface area (Å²) < 4.78 is 1.43. The predicted molar refractivity (Wildman–Crippen MR) is 110 cm³/mol. The SMILES string of the molecule is Cc1ccc(-c2csc3ncn(C(C)C(=O)c4ccccc4)c(=O)c23)cc1. The van der Waals surface area contributed by atoms with Crippen molar-refractivity contribution in [2.24, 2.45) is 0 Å². The van der Waals surface area contributed by atoms with Gasteiger partial charge in [-0.1, -0.05) is 60.2 Å². The van der Waals surface area contributed by atoms with Crippen LogP contribution in [0.25, 0.3) is 21.3 Å². The molecule has 0 spiro atoms. The third kappa shape index (κ3) is 3.11. The zero-order valence-electron chi connectivity index (χ0n) is 15.0. The molecule has 4 rings (SSSR count). The second-order valence-corrected chi connectivity index (χ2v) is 7.42. The lowest BCUT2D eigenvalue weighted by atomic mass is 10.0. The summed E-state index contributed by atoms with van der Waals surface area (Å²) in [5.74, 6) is -0.106. The van der Waals surface area contributed by atoms with Crippen molar-refractivity contribution in [3.05, 3.63) is 87.8 Å². The van der Waals surface area contributed by atoms with E-state index in [0.29, 0.717) is 15.8 Å². The Bertz CT molecular complexity index is 1170. The van der Waals surface area contributed by atoms with Gasteiger partial charge in [0.15, 0.2) is 5.78 Å². The minimum absolute atomic E-state index is 0.106. The second-order valence-electron chi connectivity index (χ2n) is 6.56. The maximum atomic E-state index is 13.2.